The zero-order valence-electron chi connectivity index (χ0n) is 20.8. The van der Waals surface area contributed by atoms with Crippen molar-refractivity contribution in [2.24, 2.45) is 5.10 Å². The number of carbonyl (C=O) groups excluding carboxylic acids is 1. The summed E-state index contributed by atoms with van der Waals surface area (Å²) in [4.78, 5) is 12.5. The van der Waals surface area contributed by atoms with Gasteiger partial charge in [0.1, 0.15) is 18.1 Å². The molecule has 37 heavy (non-hydrogen) atoms. The number of methoxy groups -OCH3 is 2. The van der Waals surface area contributed by atoms with Crippen molar-refractivity contribution < 1.29 is 31.8 Å². The third-order valence-corrected chi connectivity index (χ3v) is 6.77. The third kappa shape index (κ3) is 7.20. The molecule has 0 bridgehead atoms. The molecule has 0 saturated heterocycles. The number of benzene rings is 3. The van der Waals surface area contributed by atoms with Gasteiger partial charge in [0.25, 0.3) is 15.9 Å². The van der Waals surface area contributed by atoms with Crippen LogP contribution in [-0.4, -0.2) is 47.4 Å². The third-order valence-electron chi connectivity index (χ3n) is 5.00. The Hall–Kier alpha value is -4.12. The maximum Gasteiger partial charge on any atom is 0.264 e. The average Bonchev–Trinajstić information content (AvgIpc) is 2.88. The lowest BCUT2D eigenvalue weighted by molar-refractivity contribution is -0.119. The van der Waals surface area contributed by atoms with Crippen LogP contribution in [0.2, 0.25) is 0 Å². The van der Waals surface area contributed by atoms with E-state index in [0.29, 0.717) is 17.1 Å². The first-order valence-corrected chi connectivity index (χ1v) is 12.7. The fraction of sp³-hybridized carbons (Fsp3) is 0.231. The zero-order valence-corrected chi connectivity index (χ0v) is 21.7. The van der Waals surface area contributed by atoms with Crippen LogP contribution >= 0.6 is 0 Å². The van der Waals surface area contributed by atoms with Gasteiger partial charge in [0, 0.05) is 6.07 Å². The quantitative estimate of drug-likeness (QED) is 0.298. The summed E-state index contributed by atoms with van der Waals surface area (Å²) in [6.45, 7) is 3.23. The van der Waals surface area contributed by atoms with Crippen LogP contribution < -0.4 is 23.9 Å². The molecule has 0 spiro atoms. The second-order valence-electron chi connectivity index (χ2n) is 8.03. The van der Waals surface area contributed by atoms with E-state index in [4.69, 9.17) is 14.2 Å². The van der Waals surface area contributed by atoms with Gasteiger partial charge in [0.05, 0.1) is 37.1 Å². The summed E-state index contributed by atoms with van der Waals surface area (Å²) < 4.78 is 57.4. The predicted octanol–water partition coefficient (Wildman–Crippen LogP) is 3.98. The van der Waals surface area contributed by atoms with Gasteiger partial charge in [-0.1, -0.05) is 0 Å². The Morgan fingerprint density at radius 3 is 2.24 bits per heavy atom. The van der Waals surface area contributed by atoms with Crippen molar-refractivity contribution >= 4 is 27.8 Å². The van der Waals surface area contributed by atoms with E-state index in [2.05, 4.69) is 10.5 Å². The summed E-state index contributed by atoms with van der Waals surface area (Å²) in [5.74, 6) is -0.0193. The van der Waals surface area contributed by atoms with E-state index in [-0.39, 0.29) is 22.4 Å². The molecule has 0 saturated carbocycles. The number of carbonyl (C=O) groups is 1. The molecule has 196 valence electrons. The largest absolute Gasteiger partial charge is 0.493 e. The molecule has 0 heterocycles. The topological polar surface area (TPSA) is 107 Å². The number of halogens is 1. The van der Waals surface area contributed by atoms with Crippen molar-refractivity contribution in [1.29, 1.82) is 0 Å². The highest BCUT2D eigenvalue weighted by Gasteiger charge is 2.28. The molecule has 0 aliphatic heterocycles. The molecule has 0 aromatic heterocycles. The molecule has 0 fully saturated rings. The average molecular weight is 530 g/mol. The summed E-state index contributed by atoms with van der Waals surface area (Å²) >= 11 is 0. The highest BCUT2D eigenvalue weighted by atomic mass is 32.2. The van der Waals surface area contributed by atoms with Crippen LogP contribution in [0.15, 0.2) is 76.7 Å². The van der Waals surface area contributed by atoms with E-state index in [1.54, 1.807) is 24.3 Å². The molecule has 1 N–H and O–H groups in total. The van der Waals surface area contributed by atoms with Gasteiger partial charge in [-0.05, 0) is 80.1 Å². The summed E-state index contributed by atoms with van der Waals surface area (Å²) in [5.41, 5.74) is 3.12. The van der Waals surface area contributed by atoms with E-state index in [0.717, 1.165) is 16.4 Å². The van der Waals surface area contributed by atoms with Crippen LogP contribution in [0.5, 0.6) is 17.2 Å². The lowest BCUT2D eigenvalue weighted by Crippen LogP contribution is -2.39. The fourth-order valence-electron chi connectivity index (χ4n) is 3.28. The molecule has 9 nitrogen and oxygen atoms in total. The van der Waals surface area contributed by atoms with Gasteiger partial charge in [-0.3, -0.25) is 9.10 Å². The second kappa shape index (κ2) is 12.2. The highest BCUT2D eigenvalue weighted by Crippen LogP contribution is 2.32. The Bertz CT molecular complexity index is 1340. The first-order chi connectivity index (χ1) is 17.6. The Labute approximate surface area is 215 Å². The van der Waals surface area contributed by atoms with Crippen LogP contribution in [0.1, 0.15) is 19.4 Å². The number of amides is 1. The lowest BCUT2D eigenvalue weighted by atomic mass is 10.2. The number of nitrogens with zero attached hydrogens (tertiary/aromatic N) is 2. The maximum absolute atomic E-state index is 13.5. The molecule has 0 unspecified atom stereocenters. The van der Waals surface area contributed by atoms with E-state index < -0.39 is 28.3 Å². The van der Waals surface area contributed by atoms with Crippen LogP contribution in [0.25, 0.3) is 0 Å². The molecule has 0 radical (unpaired) electrons. The minimum atomic E-state index is -4.26. The number of hydrazone groups is 1. The number of ether oxygens (including phenoxy) is 3. The maximum atomic E-state index is 13.5. The van der Waals surface area contributed by atoms with Crippen molar-refractivity contribution in [3.63, 3.8) is 0 Å². The number of nitrogens with one attached hydrogen (secondary N) is 1. The van der Waals surface area contributed by atoms with E-state index in [9.17, 15) is 17.6 Å². The van der Waals surface area contributed by atoms with E-state index in [1.807, 2.05) is 13.8 Å². The van der Waals surface area contributed by atoms with Crippen molar-refractivity contribution in [2.75, 3.05) is 25.1 Å². The minimum Gasteiger partial charge on any atom is -0.493 e. The first kappa shape index (κ1) is 27.5. The van der Waals surface area contributed by atoms with Crippen molar-refractivity contribution in [1.82, 2.24) is 5.43 Å². The molecule has 3 rings (SSSR count). The molecule has 0 atom stereocenters. The molecule has 11 heteroatoms. The van der Waals surface area contributed by atoms with Crippen LogP contribution in [0.3, 0.4) is 0 Å². The summed E-state index contributed by atoms with van der Waals surface area (Å²) in [6.07, 6.45) is 1.46. The highest BCUT2D eigenvalue weighted by molar-refractivity contribution is 7.92. The Morgan fingerprint density at radius 1 is 1.00 bits per heavy atom. The molecule has 3 aromatic carbocycles. The first-order valence-electron chi connectivity index (χ1n) is 11.2. The Balaban J connectivity index is 1.81. The smallest absolute Gasteiger partial charge is 0.264 e. The fourth-order valence-corrected chi connectivity index (χ4v) is 4.71. The van der Waals surface area contributed by atoms with E-state index >= 15 is 0 Å². The summed E-state index contributed by atoms with van der Waals surface area (Å²) in [7, 11) is -1.46. The molecule has 0 aliphatic rings. The number of rotatable bonds is 11. The molecular weight excluding hydrogens is 501 g/mol. The van der Waals surface area contributed by atoms with Crippen LogP contribution in [-0.2, 0) is 14.8 Å². The Morgan fingerprint density at radius 2 is 1.65 bits per heavy atom. The molecule has 0 aliphatic carbocycles. The number of hydrogen-bond donors (Lipinski definition) is 1. The SMILES string of the molecule is COc1ccc(S(=O)(=O)N(CC(=O)N/N=C\c2ccc(OC(C)C)cc2)c2ccc(F)cc2)cc1OC. The zero-order chi connectivity index (χ0) is 27.0. The number of sulfonamides is 1. The van der Waals surface area contributed by atoms with Crippen molar-refractivity contribution in [2.45, 2.75) is 24.8 Å². The second-order valence-corrected chi connectivity index (χ2v) is 9.90. The van der Waals surface area contributed by atoms with Gasteiger partial charge >= 0.3 is 0 Å². The normalized spacial score (nSPS) is 11.4. The van der Waals surface area contributed by atoms with Gasteiger partial charge < -0.3 is 14.2 Å². The molecular formula is C26H28FN3O6S. The minimum absolute atomic E-state index is 0.0399. The number of hydrogen-bond acceptors (Lipinski definition) is 7. The molecule has 1 amide bonds. The summed E-state index contributed by atoms with van der Waals surface area (Å²) in [5, 5.41) is 3.91. The van der Waals surface area contributed by atoms with Gasteiger partial charge in [-0.2, -0.15) is 5.10 Å². The summed E-state index contributed by atoms with van der Waals surface area (Å²) in [6, 6.07) is 15.9. The van der Waals surface area contributed by atoms with Crippen LogP contribution in [0, 0.1) is 5.82 Å². The van der Waals surface area contributed by atoms with Gasteiger partial charge in [0.2, 0.25) is 0 Å². The standard InChI is InChI=1S/C26H28FN3O6S/c1-18(2)36-22-11-5-19(6-12-22)16-28-29-26(31)17-30(21-9-7-20(27)8-10-21)37(32,33)23-13-14-24(34-3)25(15-23)35-4/h5-16,18H,17H2,1-4H3,(H,29,31)/b28-16-. The Kier molecular flexibility index (Phi) is 9.07. The monoisotopic (exact) mass is 529 g/mol. The predicted molar refractivity (Wildman–Crippen MR) is 138 cm³/mol. The van der Waals surface area contributed by atoms with E-state index in [1.165, 1.54) is 50.8 Å². The van der Waals surface area contributed by atoms with Gasteiger partial charge in [0.15, 0.2) is 11.5 Å². The van der Waals surface area contributed by atoms with Crippen molar-refractivity contribution in [3.05, 3.63) is 78.1 Å². The lowest BCUT2D eigenvalue weighted by Gasteiger charge is -2.24. The van der Waals surface area contributed by atoms with Gasteiger partial charge in [-0.25, -0.2) is 18.2 Å². The van der Waals surface area contributed by atoms with Gasteiger partial charge in [-0.15, -0.1) is 0 Å². The molecule has 3 aromatic rings. The van der Waals surface area contributed by atoms with Crippen molar-refractivity contribution in [3.8, 4) is 17.2 Å². The van der Waals surface area contributed by atoms with Crippen LogP contribution in [0.4, 0.5) is 10.1 Å². The number of anilines is 1.